The van der Waals surface area contributed by atoms with Crippen molar-refractivity contribution in [2.75, 3.05) is 0 Å². The number of hydrogen-bond donors (Lipinski definition) is 0. The molecule has 12 rings (SSSR count). The van der Waals surface area contributed by atoms with E-state index in [0.717, 1.165) is 49.9 Å². The highest BCUT2D eigenvalue weighted by atomic mass is 32.2. The second-order valence-electron chi connectivity index (χ2n) is 13.7. The zero-order valence-corrected chi connectivity index (χ0v) is 29.2. The third kappa shape index (κ3) is 4.03. The minimum absolute atomic E-state index is 0.670. The summed E-state index contributed by atoms with van der Waals surface area (Å²) in [5.74, 6) is 0.670. The van der Waals surface area contributed by atoms with Crippen LogP contribution in [-0.2, 0) is 0 Å². The van der Waals surface area contributed by atoms with Crippen LogP contribution in [0.15, 0.2) is 180 Å². The zero-order valence-electron chi connectivity index (χ0n) is 28.4. The highest BCUT2D eigenvalue weighted by Gasteiger charge is 2.27. The van der Waals surface area contributed by atoms with Crippen LogP contribution in [0.4, 0.5) is 0 Å². The molecule has 1 aliphatic rings. The maximum absolute atomic E-state index is 5.54. The van der Waals surface area contributed by atoms with E-state index in [4.69, 9.17) is 9.97 Å². The first kappa shape index (κ1) is 28.9. The molecular formula is C48H28N4S. The van der Waals surface area contributed by atoms with E-state index in [2.05, 4.69) is 179 Å². The predicted octanol–water partition coefficient (Wildman–Crippen LogP) is 12.8. The Morgan fingerprint density at radius 1 is 0.415 bits per heavy atom. The van der Waals surface area contributed by atoms with Crippen LogP contribution >= 0.6 is 11.8 Å². The Hall–Kier alpha value is -6.69. The van der Waals surface area contributed by atoms with Crippen LogP contribution in [0.3, 0.4) is 0 Å². The summed E-state index contributed by atoms with van der Waals surface area (Å²) in [5.41, 5.74) is 11.0. The quantitative estimate of drug-likeness (QED) is 0.185. The summed E-state index contributed by atoms with van der Waals surface area (Å²) in [6, 6.07) is 61.1. The molecule has 3 aromatic heterocycles. The lowest BCUT2D eigenvalue weighted by molar-refractivity contribution is 1.01. The van der Waals surface area contributed by atoms with Crippen LogP contribution in [0.1, 0.15) is 0 Å². The molecule has 0 saturated carbocycles. The maximum Gasteiger partial charge on any atom is 0.235 e. The summed E-state index contributed by atoms with van der Waals surface area (Å²) >= 11 is 1.80. The van der Waals surface area contributed by atoms with Crippen molar-refractivity contribution in [2.24, 2.45) is 0 Å². The van der Waals surface area contributed by atoms with Gasteiger partial charge in [-0.15, -0.1) is 0 Å². The van der Waals surface area contributed by atoms with Gasteiger partial charge in [0.05, 0.1) is 33.3 Å². The second-order valence-corrected chi connectivity index (χ2v) is 14.8. The normalized spacial score (nSPS) is 12.5. The molecule has 0 fully saturated rings. The van der Waals surface area contributed by atoms with Crippen molar-refractivity contribution < 1.29 is 0 Å². The number of fused-ring (bicyclic) bond motifs is 12. The van der Waals surface area contributed by atoms with Crippen molar-refractivity contribution in [1.29, 1.82) is 0 Å². The van der Waals surface area contributed by atoms with E-state index in [1.807, 2.05) is 0 Å². The van der Waals surface area contributed by atoms with Crippen molar-refractivity contribution in [3.05, 3.63) is 170 Å². The van der Waals surface area contributed by atoms with Gasteiger partial charge in [0.1, 0.15) is 0 Å². The topological polar surface area (TPSA) is 35.6 Å². The minimum Gasteiger partial charge on any atom is -0.307 e. The fourth-order valence-corrected chi connectivity index (χ4v) is 9.82. The Kier molecular flexibility index (Phi) is 5.96. The van der Waals surface area contributed by atoms with Gasteiger partial charge in [0.25, 0.3) is 0 Å². The molecular weight excluding hydrogens is 665 g/mol. The lowest BCUT2D eigenvalue weighted by Crippen LogP contribution is -2.06. The third-order valence-electron chi connectivity index (χ3n) is 10.9. The SMILES string of the molecule is c1ccc(-c2cccc(-n3c4ccccc4c4c5ccccc5c5c6ccccc6n(-c6nc7c8c(cccc8n6)Sc6ccccc6-7)c5c43)c2)cc1. The van der Waals surface area contributed by atoms with Crippen LogP contribution in [0.25, 0.3) is 99.3 Å². The Morgan fingerprint density at radius 3 is 1.77 bits per heavy atom. The third-order valence-corrected chi connectivity index (χ3v) is 12.0. The number of para-hydroxylation sites is 2. The molecule has 0 aliphatic carbocycles. The zero-order chi connectivity index (χ0) is 34.6. The predicted molar refractivity (Wildman–Crippen MR) is 221 cm³/mol. The number of hydrogen-bond acceptors (Lipinski definition) is 3. The average molecular weight is 693 g/mol. The van der Waals surface area contributed by atoms with Gasteiger partial charge in [0.2, 0.25) is 5.95 Å². The highest BCUT2D eigenvalue weighted by Crippen LogP contribution is 2.49. The molecule has 4 heterocycles. The summed E-state index contributed by atoms with van der Waals surface area (Å²) in [6.07, 6.45) is 0. The monoisotopic (exact) mass is 692 g/mol. The summed E-state index contributed by atoms with van der Waals surface area (Å²) in [4.78, 5) is 13.4. The van der Waals surface area contributed by atoms with Gasteiger partial charge in [-0.25, -0.2) is 9.97 Å². The standard InChI is InChI=1S/C48H28N4S/c1-2-14-29(15-3-1)30-16-12-17-31(28-30)51-38-24-9-6-20-34(38)42-32-18-4-5-19-33(32)43-35-21-7-10-25-39(35)52(47(43)46(42)51)48-49-37-23-13-27-41-44(37)45(50-48)36-22-8-11-26-40(36)53-41/h1-28H. The van der Waals surface area contributed by atoms with Crippen molar-refractivity contribution >= 4 is 77.0 Å². The molecule has 1 aliphatic heterocycles. The van der Waals surface area contributed by atoms with E-state index in [9.17, 15) is 0 Å². The molecule has 0 unspecified atom stereocenters. The first-order chi connectivity index (χ1) is 26.3. The lowest BCUT2D eigenvalue weighted by atomic mass is 9.98. The molecule has 53 heavy (non-hydrogen) atoms. The van der Waals surface area contributed by atoms with Crippen molar-refractivity contribution in [2.45, 2.75) is 9.79 Å². The molecule has 0 radical (unpaired) electrons. The molecule has 0 bridgehead atoms. The molecule has 5 heteroatoms. The fraction of sp³-hybridized carbons (Fsp3) is 0. The van der Waals surface area contributed by atoms with E-state index in [1.54, 1.807) is 11.8 Å². The molecule has 4 nitrogen and oxygen atoms in total. The molecule has 0 spiro atoms. The van der Waals surface area contributed by atoms with Gasteiger partial charge < -0.3 is 4.57 Å². The van der Waals surface area contributed by atoms with Crippen LogP contribution in [-0.4, -0.2) is 19.1 Å². The summed E-state index contributed by atoms with van der Waals surface area (Å²) in [5, 5.41) is 8.39. The first-order valence-corrected chi connectivity index (χ1v) is 18.7. The molecule has 11 aromatic rings. The van der Waals surface area contributed by atoms with Crippen LogP contribution in [0.5, 0.6) is 0 Å². The van der Waals surface area contributed by atoms with Crippen LogP contribution in [0.2, 0.25) is 0 Å². The van der Waals surface area contributed by atoms with Crippen molar-refractivity contribution in [3.63, 3.8) is 0 Å². The molecule has 8 aromatic carbocycles. The fourth-order valence-electron chi connectivity index (χ4n) is 8.71. The van der Waals surface area contributed by atoms with E-state index in [1.165, 1.54) is 53.2 Å². The maximum atomic E-state index is 5.54. The van der Waals surface area contributed by atoms with Crippen molar-refractivity contribution in [3.8, 4) is 34.0 Å². The molecule has 0 amide bonds. The van der Waals surface area contributed by atoms with E-state index in [0.29, 0.717) is 5.95 Å². The van der Waals surface area contributed by atoms with Gasteiger partial charge in [-0.05, 0) is 64.4 Å². The van der Waals surface area contributed by atoms with E-state index >= 15 is 0 Å². The van der Waals surface area contributed by atoms with Gasteiger partial charge in [-0.2, -0.15) is 0 Å². The number of nitrogens with zero attached hydrogens (tertiary/aromatic N) is 4. The Bertz CT molecular complexity index is 3320. The first-order valence-electron chi connectivity index (χ1n) is 17.9. The smallest absolute Gasteiger partial charge is 0.235 e. The Balaban J connectivity index is 1.31. The molecule has 0 atom stereocenters. The summed E-state index contributed by atoms with van der Waals surface area (Å²) in [6.45, 7) is 0. The van der Waals surface area contributed by atoms with Gasteiger partial charge in [0.15, 0.2) is 0 Å². The molecule has 246 valence electrons. The van der Waals surface area contributed by atoms with Gasteiger partial charge in [-0.3, -0.25) is 4.57 Å². The largest absolute Gasteiger partial charge is 0.307 e. The Morgan fingerprint density at radius 2 is 1.00 bits per heavy atom. The lowest BCUT2D eigenvalue weighted by Gasteiger charge is -2.20. The number of rotatable bonds is 3. The number of benzene rings is 8. The summed E-state index contributed by atoms with van der Waals surface area (Å²) in [7, 11) is 0. The van der Waals surface area contributed by atoms with Crippen LogP contribution in [0, 0.1) is 0 Å². The molecule has 0 saturated heterocycles. The Labute approximate surface area is 308 Å². The van der Waals surface area contributed by atoms with Crippen molar-refractivity contribution in [1.82, 2.24) is 19.1 Å². The van der Waals surface area contributed by atoms with E-state index < -0.39 is 0 Å². The average Bonchev–Trinajstić information content (AvgIpc) is 3.76. The van der Waals surface area contributed by atoms with Gasteiger partial charge in [-0.1, -0.05) is 139 Å². The van der Waals surface area contributed by atoms with Crippen LogP contribution < -0.4 is 0 Å². The summed E-state index contributed by atoms with van der Waals surface area (Å²) < 4.78 is 4.80. The van der Waals surface area contributed by atoms with Gasteiger partial charge in [0, 0.05) is 48.0 Å². The second kappa shape index (κ2) is 10.9. The van der Waals surface area contributed by atoms with Gasteiger partial charge >= 0.3 is 0 Å². The molecule has 0 N–H and O–H groups in total. The number of aromatic nitrogens is 4. The van der Waals surface area contributed by atoms with E-state index in [-0.39, 0.29) is 0 Å². The minimum atomic E-state index is 0.670. The highest BCUT2D eigenvalue weighted by molar-refractivity contribution is 7.99.